The van der Waals surface area contributed by atoms with Gasteiger partial charge in [-0.05, 0) is 130 Å². The first-order valence-corrected chi connectivity index (χ1v) is 13.5. The number of phenols is 1. The van der Waals surface area contributed by atoms with Crippen LogP contribution in [0.25, 0.3) is 0 Å². The molecule has 4 fully saturated rings. The first-order chi connectivity index (χ1) is 16.4. The summed E-state index contributed by atoms with van der Waals surface area (Å²) >= 11 is 0. The molecule has 5 heteroatoms. The molecule has 5 nitrogen and oxygen atoms in total. The van der Waals surface area contributed by atoms with Crippen LogP contribution in [0.15, 0.2) is 24.3 Å². The number of ether oxygens (including phenoxy) is 1. The van der Waals surface area contributed by atoms with E-state index in [0.717, 1.165) is 37.0 Å². The largest absolute Gasteiger partial charge is 0.508 e. The zero-order valence-corrected chi connectivity index (χ0v) is 22.2. The van der Waals surface area contributed by atoms with Crippen molar-refractivity contribution in [3.05, 3.63) is 29.8 Å². The van der Waals surface area contributed by atoms with Crippen molar-refractivity contribution in [1.82, 2.24) is 0 Å². The maximum atomic E-state index is 12.2. The van der Waals surface area contributed by atoms with Gasteiger partial charge in [0.05, 0.1) is 18.3 Å². The molecule has 1 aromatic carbocycles. The molecule has 0 amide bonds. The van der Waals surface area contributed by atoms with Gasteiger partial charge in [-0.2, -0.15) is 0 Å². The van der Waals surface area contributed by atoms with Gasteiger partial charge in [-0.15, -0.1) is 0 Å². The summed E-state index contributed by atoms with van der Waals surface area (Å²) < 4.78 is 4.46. The lowest BCUT2D eigenvalue weighted by Crippen LogP contribution is -2.55. The van der Waals surface area contributed by atoms with Crippen LogP contribution in [-0.4, -0.2) is 34.7 Å². The molecule has 0 unspecified atom stereocenters. The van der Waals surface area contributed by atoms with Crippen molar-refractivity contribution in [2.75, 3.05) is 7.11 Å². The van der Waals surface area contributed by atoms with Crippen molar-refractivity contribution < 1.29 is 24.5 Å². The maximum absolute atomic E-state index is 12.2. The highest BCUT2D eigenvalue weighted by atomic mass is 16.5. The number of aromatic hydroxyl groups is 1. The number of carbonyl (C=O) groups excluding carboxylic acids is 2. The van der Waals surface area contributed by atoms with Gasteiger partial charge in [-0.25, -0.2) is 4.79 Å². The molecule has 1 aromatic rings. The summed E-state index contributed by atoms with van der Waals surface area (Å²) in [5.74, 6) is 3.63. The van der Waals surface area contributed by atoms with E-state index in [-0.39, 0.29) is 11.2 Å². The van der Waals surface area contributed by atoms with Crippen molar-refractivity contribution in [2.45, 2.75) is 91.1 Å². The average molecular weight is 485 g/mol. The minimum absolute atomic E-state index is 0.137. The van der Waals surface area contributed by atoms with Crippen molar-refractivity contribution in [2.24, 2.45) is 40.4 Å². The third-order valence-corrected chi connectivity index (χ3v) is 10.7. The molecule has 0 aromatic heterocycles. The molecule has 194 valence electrons. The summed E-state index contributed by atoms with van der Waals surface area (Å²) in [6.45, 7) is 8.85. The second kappa shape index (κ2) is 9.53. The van der Waals surface area contributed by atoms with Gasteiger partial charge in [0.1, 0.15) is 11.5 Å². The second-order valence-electron chi connectivity index (χ2n) is 12.7. The predicted molar refractivity (Wildman–Crippen MR) is 136 cm³/mol. The number of methoxy groups -OCH3 is 1. The third kappa shape index (κ3) is 4.77. The van der Waals surface area contributed by atoms with Gasteiger partial charge in [-0.3, -0.25) is 4.79 Å². The Bertz CT molecular complexity index is 937. The van der Waals surface area contributed by atoms with E-state index < -0.39 is 11.6 Å². The highest BCUT2D eigenvalue weighted by Gasteiger charge is 2.61. The molecule has 2 N–H and O–H groups in total. The molecule has 4 aliphatic carbocycles. The van der Waals surface area contributed by atoms with Crippen LogP contribution in [0.3, 0.4) is 0 Å². The lowest BCUT2D eigenvalue weighted by atomic mass is 9.44. The van der Waals surface area contributed by atoms with E-state index in [9.17, 15) is 14.7 Å². The lowest BCUT2D eigenvalue weighted by Gasteiger charge is -2.61. The normalized spacial score (nSPS) is 41.9. The van der Waals surface area contributed by atoms with Crippen LogP contribution in [0, 0.1) is 40.4 Å². The van der Waals surface area contributed by atoms with Crippen molar-refractivity contribution in [1.29, 1.82) is 0 Å². The molecule has 8 atom stereocenters. The Morgan fingerprint density at radius 3 is 2.17 bits per heavy atom. The Hall–Kier alpha value is -1.88. The number of Topliss-reactive ketones (excluding diaryl/α,β-unsaturated/α-hetero) is 1. The van der Waals surface area contributed by atoms with E-state index in [0.29, 0.717) is 28.6 Å². The smallest absolute Gasteiger partial charge is 0.337 e. The Balaban J connectivity index is 0.000000221. The molecule has 0 spiro atoms. The summed E-state index contributed by atoms with van der Waals surface area (Å²) in [6.07, 6.45) is 10.8. The van der Waals surface area contributed by atoms with Gasteiger partial charge >= 0.3 is 5.97 Å². The van der Waals surface area contributed by atoms with Gasteiger partial charge in [-0.1, -0.05) is 13.8 Å². The minimum Gasteiger partial charge on any atom is -0.508 e. The van der Waals surface area contributed by atoms with Crippen LogP contribution in [0.4, 0.5) is 0 Å². The summed E-state index contributed by atoms with van der Waals surface area (Å²) in [5, 5.41) is 19.4. The predicted octanol–water partition coefficient (Wildman–Crippen LogP) is 6.16. The molecule has 0 heterocycles. The highest BCUT2D eigenvalue weighted by Crippen LogP contribution is 2.68. The quantitative estimate of drug-likeness (QED) is 0.491. The van der Waals surface area contributed by atoms with E-state index in [1.165, 1.54) is 69.9 Å². The van der Waals surface area contributed by atoms with Crippen LogP contribution in [0.1, 0.15) is 95.8 Å². The number of ketones is 1. The van der Waals surface area contributed by atoms with E-state index in [2.05, 4.69) is 18.6 Å². The van der Waals surface area contributed by atoms with Crippen molar-refractivity contribution in [3.63, 3.8) is 0 Å². The molecule has 0 saturated heterocycles. The molecule has 5 rings (SSSR count). The fourth-order valence-corrected chi connectivity index (χ4v) is 8.81. The highest BCUT2D eigenvalue weighted by molar-refractivity contribution is 5.89. The van der Waals surface area contributed by atoms with Gasteiger partial charge in [0.15, 0.2) is 0 Å². The Labute approximate surface area is 210 Å². The summed E-state index contributed by atoms with van der Waals surface area (Å²) in [7, 11) is 1.31. The summed E-state index contributed by atoms with van der Waals surface area (Å²) in [4.78, 5) is 23.0. The number of benzene rings is 1. The first-order valence-electron chi connectivity index (χ1n) is 13.5. The number of fused-ring (bicyclic) bond motifs is 5. The van der Waals surface area contributed by atoms with E-state index in [1.54, 1.807) is 0 Å². The zero-order valence-electron chi connectivity index (χ0n) is 22.2. The van der Waals surface area contributed by atoms with E-state index in [1.807, 2.05) is 13.8 Å². The number of hydrogen-bond donors (Lipinski definition) is 2. The molecule has 4 saturated carbocycles. The van der Waals surface area contributed by atoms with Crippen LogP contribution in [-0.2, 0) is 9.53 Å². The number of hydrogen-bond acceptors (Lipinski definition) is 5. The van der Waals surface area contributed by atoms with E-state index >= 15 is 0 Å². The van der Waals surface area contributed by atoms with Gasteiger partial charge < -0.3 is 14.9 Å². The first kappa shape index (κ1) is 26.2. The van der Waals surface area contributed by atoms with Gasteiger partial charge in [0, 0.05) is 5.92 Å². The third-order valence-electron chi connectivity index (χ3n) is 10.7. The molecule has 0 bridgehead atoms. The SMILES string of the molecule is CC(=O)[C@H]1CC[C@H]2[C@@H]3CC[C@H]4C[C@](C)(O)CC[C@]4(C)[C@H]3CC[C@]12C.COC(=O)c1ccc(O)cc1. The second-order valence-corrected chi connectivity index (χ2v) is 12.7. The molecule has 35 heavy (non-hydrogen) atoms. The molecule has 0 radical (unpaired) electrons. The monoisotopic (exact) mass is 484 g/mol. The topological polar surface area (TPSA) is 83.8 Å². The lowest BCUT2D eigenvalue weighted by molar-refractivity contribution is -0.150. The fraction of sp³-hybridized carbons (Fsp3) is 0.733. The molecular weight excluding hydrogens is 440 g/mol. The zero-order chi connectivity index (χ0) is 25.6. The van der Waals surface area contributed by atoms with Crippen molar-refractivity contribution >= 4 is 11.8 Å². The number of aliphatic hydroxyl groups is 1. The fourth-order valence-electron chi connectivity index (χ4n) is 8.81. The van der Waals surface area contributed by atoms with Crippen LogP contribution < -0.4 is 0 Å². The Kier molecular flexibility index (Phi) is 7.13. The number of rotatable bonds is 2. The number of esters is 1. The summed E-state index contributed by atoms with van der Waals surface area (Å²) in [6, 6.07) is 5.88. The Morgan fingerprint density at radius 1 is 0.886 bits per heavy atom. The Morgan fingerprint density at radius 2 is 1.54 bits per heavy atom. The van der Waals surface area contributed by atoms with Crippen LogP contribution in [0.5, 0.6) is 5.75 Å². The van der Waals surface area contributed by atoms with Crippen LogP contribution in [0.2, 0.25) is 0 Å². The summed E-state index contributed by atoms with van der Waals surface area (Å²) in [5.41, 5.74) is 0.704. The molecule has 4 aliphatic rings. The standard InChI is InChI=1S/C22H36O2.C8H8O3/c1-14(23)17-7-8-18-16-6-5-15-13-20(2,24)11-12-21(15,3)19(16)9-10-22(17,18)4;1-11-8(10)6-2-4-7(9)5-3-6/h15-19,24H,5-13H2,1-4H3;2-5,9H,1H3/t15-,16-,17+,18-,19-,20+,21-,22+;/m0./s1. The van der Waals surface area contributed by atoms with Crippen LogP contribution >= 0.6 is 0 Å². The average Bonchev–Trinajstić information content (AvgIpc) is 3.17. The van der Waals surface area contributed by atoms with E-state index in [4.69, 9.17) is 5.11 Å². The van der Waals surface area contributed by atoms with Gasteiger partial charge in [0.25, 0.3) is 0 Å². The van der Waals surface area contributed by atoms with Crippen molar-refractivity contribution in [3.8, 4) is 5.75 Å². The number of carbonyl (C=O) groups is 2. The van der Waals surface area contributed by atoms with Gasteiger partial charge in [0.2, 0.25) is 0 Å². The number of phenolic OH excluding ortho intramolecular Hbond substituents is 1. The minimum atomic E-state index is -0.437. The molecule has 0 aliphatic heterocycles. The maximum Gasteiger partial charge on any atom is 0.337 e. The molecular formula is C30H44O5.